The van der Waals surface area contributed by atoms with Crippen LogP contribution in [0.5, 0.6) is 0 Å². The van der Waals surface area contributed by atoms with Crippen molar-refractivity contribution in [2.75, 3.05) is 13.7 Å². The van der Waals surface area contributed by atoms with E-state index in [2.05, 4.69) is 4.74 Å². The molecule has 0 aliphatic carbocycles. The molecule has 0 aliphatic rings. The topological polar surface area (TPSA) is 51.5 Å². The van der Waals surface area contributed by atoms with Crippen molar-refractivity contribution in [3.05, 3.63) is 23.5 Å². The van der Waals surface area contributed by atoms with Gasteiger partial charge >= 0.3 is 5.97 Å². The molecule has 0 fully saturated rings. The summed E-state index contributed by atoms with van der Waals surface area (Å²) in [7, 11) is 1.35. The lowest BCUT2D eigenvalue weighted by molar-refractivity contribution is 0.0600. The fourth-order valence-corrected chi connectivity index (χ4v) is 1.19. The molecule has 0 saturated carbocycles. The van der Waals surface area contributed by atoms with E-state index in [9.17, 15) is 4.79 Å². The second-order valence-electron chi connectivity index (χ2n) is 2.81. The van der Waals surface area contributed by atoms with Gasteiger partial charge in [0.25, 0.3) is 0 Å². The van der Waals surface area contributed by atoms with E-state index in [4.69, 9.17) is 5.11 Å². The molecule has 1 N–H and O–H groups in total. The molecule has 0 radical (unpaired) electrons. The fourth-order valence-electron chi connectivity index (χ4n) is 1.19. The van der Waals surface area contributed by atoms with E-state index in [1.165, 1.54) is 7.11 Å². The first kappa shape index (κ1) is 9.80. The van der Waals surface area contributed by atoms with Gasteiger partial charge in [-0.3, -0.25) is 0 Å². The van der Waals surface area contributed by atoms with Crippen molar-refractivity contribution < 1.29 is 14.6 Å². The molecule has 0 unspecified atom stereocenters. The summed E-state index contributed by atoms with van der Waals surface area (Å²) in [6.07, 6.45) is 3.49. The summed E-state index contributed by atoms with van der Waals surface area (Å²) in [6, 6.07) is 0. The highest BCUT2D eigenvalue weighted by Crippen LogP contribution is 2.10. The summed E-state index contributed by atoms with van der Waals surface area (Å²) in [5.74, 6) is -0.339. The van der Waals surface area contributed by atoms with E-state index < -0.39 is 0 Å². The van der Waals surface area contributed by atoms with Gasteiger partial charge in [0.2, 0.25) is 0 Å². The van der Waals surface area contributed by atoms with Gasteiger partial charge in [-0.25, -0.2) is 4.79 Å². The molecular formula is C9H13NO3. The minimum absolute atomic E-state index is 0.0642. The van der Waals surface area contributed by atoms with Gasteiger partial charge in [-0.15, -0.1) is 0 Å². The third-order valence-electron chi connectivity index (χ3n) is 1.84. The molecule has 0 amide bonds. The zero-order valence-electron chi connectivity index (χ0n) is 7.78. The van der Waals surface area contributed by atoms with Crippen LogP contribution in [0.3, 0.4) is 0 Å². The maximum Gasteiger partial charge on any atom is 0.339 e. The number of ether oxygens (including phenoxy) is 1. The van der Waals surface area contributed by atoms with Crippen molar-refractivity contribution in [3.8, 4) is 0 Å². The largest absolute Gasteiger partial charge is 0.465 e. The highest BCUT2D eigenvalue weighted by molar-refractivity contribution is 5.90. The number of methoxy groups -OCH3 is 1. The number of hydrogen-bond acceptors (Lipinski definition) is 3. The Morgan fingerprint density at radius 1 is 1.62 bits per heavy atom. The van der Waals surface area contributed by atoms with E-state index >= 15 is 0 Å². The predicted molar refractivity (Wildman–Crippen MR) is 47.6 cm³/mol. The van der Waals surface area contributed by atoms with Crippen LogP contribution in [0.4, 0.5) is 0 Å². The number of aryl methyl sites for hydroxylation is 1. The first-order chi connectivity index (χ1) is 6.19. The first-order valence-electron chi connectivity index (χ1n) is 4.04. The van der Waals surface area contributed by atoms with Crippen LogP contribution in [-0.4, -0.2) is 29.4 Å². The monoisotopic (exact) mass is 183 g/mol. The zero-order chi connectivity index (χ0) is 9.84. The highest BCUT2D eigenvalue weighted by Gasteiger charge is 2.11. The standard InChI is InChI=1S/C9H13NO3/c1-7-5-10(3-4-11)6-8(7)9(12)13-2/h5-6,11H,3-4H2,1-2H3. The molecule has 0 atom stereocenters. The summed E-state index contributed by atoms with van der Waals surface area (Å²) in [6.45, 7) is 2.40. The molecule has 4 heteroatoms. The Kier molecular flexibility index (Phi) is 3.08. The molecule has 0 saturated heterocycles. The van der Waals surface area contributed by atoms with Gasteiger partial charge in [-0.1, -0.05) is 0 Å². The Balaban J connectivity index is 2.89. The first-order valence-corrected chi connectivity index (χ1v) is 4.04. The number of aliphatic hydroxyl groups excluding tert-OH is 1. The average molecular weight is 183 g/mol. The van der Waals surface area contributed by atoms with Crippen LogP contribution in [0.1, 0.15) is 15.9 Å². The van der Waals surface area contributed by atoms with E-state index in [0.717, 1.165) is 5.56 Å². The van der Waals surface area contributed by atoms with Crippen LogP contribution < -0.4 is 0 Å². The fraction of sp³-hybridized carbons (Fsp3) is 0.444. The van der Waals surface area contributed by atoms with Crippen LogP contribution in [0.25, 0.3) is 0 Å². The normalized spacial score (nSPS) is 10.1. The van der Waals surface area contributed by atoms with E-state index in [1.54, 1.807) is 10.8 Å². The minimum Gasteiger partial charge on any atom is -0.465 e. The molecule has 72 valence electrons. The van der Waals surface area contributed by atoms with E-state index in [1.807, 2.05) is 13.1 Å². The van der Waals surface area contributed by atoms with Crippen molar-refractivity contribution in [2.24, 2.45) is 0 Å². The maximum atomic E-state index is 11.2. The molecule has 0 bridgehead atoms. The van der Waals surface area contributed by atoms with Crippen molar-refractivity contribution in [3.63, 3.8) is 0 Å². The number of hydrogen-bond donors (Lipinski definition) is 1. The Hall–Kier alpha value is -1.29. The Bertz CT molecular complexity index is 304. The number of carbonyl (C=O) groups is 1. The smallest absolute Gasteiger partial charge is 0.339 e. The Morgan fingerprint density at radius 2 is 2.31 bits per heavy atom. The van der Waals surface area contributed by atoms with Gasteiger partial charge in [-0.05, 0) is 12.5 Å². The molecule has 1 aromatic rings. The molecule has 4 nitrogen and oxygen atoms in total. The summed E-state index contributed by atoms with van der Waals surface area (Å²) in [5.41, 5.74) is 1.41. The molecule has 1 aromatic heterocycles. The summed E-state index contributed by atoms with van der Waals surface area (Å²) in [5, 5.41) is 8.68. The lowest BCUT2D eigenvalue weighted by Crippen LogP contribution is -2.02. The lowest BCUT2D eigenvalue weighted by atomic mass is 10.2. The van der Waals surface area contributed by atoms with Gasteiger partial charge in [0.05, 0.1) is 19.3 Å². The molecule has 1 heterocycles. The number of esters is 1. The number of aromatic nitrogens is 1. The summed E-state index contributed by atoms with van der Waals surface area (Å²) >= 11 is 0. The lowest BCUT2D eigenvalue weighted by Gasteiger charge is -1.96. The number of aliphatic hydroxyl groups is 1. The molecular weight excluding hydrogens is 170 g/mol. The third-order valence-corrected chi connectivity index (χ3v) is 1.84. The summed E-state index contributed by atoms with van der Waals surface area (Å²) in [4.78, 5) is 11.2. The van der Waals surface area contributed by atoms with Crippen LogP contribution >= 0.6 is 0 Å². The van der Waals surface area contributed by atoms with Crippen LogP contribution in [0.2, 0.25) is 0 Å². The maximum absolute atomic E-state index is 11.2. The number of carbonyl (C=O) groups excluding carboxylic acids is 1. The van der Waals surface area contributed by atoms with Gasteiger partial charge in [0.1, 0.15) is 0 Å². The van der Waals surface area contributed by atoms with Crippen LogP contribution in [-0.2, 0) is 11.3 Å². The quantitative estimate of drug-likeness (QED) is 0.697. The second-order valence-corrected chi connectivity index (χ2v) is 2.81. The van der Waals surface area contributed by atoms with Crippen LogP contribution in [0.15, 0.2) is 12.4 Å². The predicted octanol–water partition coefficient (Wildman–Crippen LogP) is 0.575. The summed E-state index contributed by atoms with van der Waals surface area (Å²) < 4.78 is 6.36. The van der Waals surface area contributed by atoms with Crippen molar-refractivity contribution >= 4 is 5.97 Å². The average Bonchev–Trinajstić information content (AvgIpc) is 2.46. The Labute approximate surface area is 76.7 Å². The second kappa shape index (κ2) is 4.09. The minimum atomic E-state index is -0.339. The van der Waals surface area contributed by atoms with Gasteiger partial charge < -0.3 is 14.4 Å². The van der Waals surface area contributed by atoms with Crippen molar-refractivity contribution in [2.45, 2.75) is 13.5 Å². The molecule has 0 spiro atoms. The zero-order valence-corrected chi connectivity index (χ0v) is 7.78. The highest BCUT2D eigenvalue weighted by atomic mass is 16.5. The molecule has 0 aliphatic heterocycles. The number of rotatable bonds is 3. The van der Waals surface area contributed by atoms with Crippen molar-refractivity contribution in [1.82, 2.24) is 4.57 Å². The molecule has 1 rings (SSSR count). The van der Waals surface area contributed by atoms with E-state index in [-0.39, 0.29) is 12.6 Å². The van der Waals surface area contributed by atoms with Gasteiger partial charge in [0, 0.05) is 18.9 Å². The van der Waals surface area contributed by atoms with Crippen LogP contribution in [0, 0.1) is 6.92 Å². The molecule has 13 heavy (non-hydrogen) atoms. The van der Waals surface area contributed by atoms with Crippen molar-refractivity contribution in [1.29, 1.82) is 0 Å². The van der Waals surface area contributed by atoms with Gasteiger partial charge in [-0.2, -0.15) is 0 Å². The molecule has 0 aromatic carbocycles. The Morgan fingerprint density at radius 3 is 2.85 bits per heavy atom. The van der Waals surface area contributed by atoms with Gasteiger partial charge in [0.15, 0.2) is 0 Å². The SMILES string of the molecule is COC(=O)c1cn(CCO)cc1C. The van der Waals surface area contributed by atoms with E-state index in [0.29, 0.717) is 12.1 Å². The third kappa shape index (κ3) is 2.09. The number of nitrogens with zero attached hydrogens (tertiary/aromatic N) is 1.